The molecule has 0 aliphatic heterocycles. The predicted octanol–water partition coefficient (Wildman–Crippen LogP) is 4.57. The number of rotatable bonds is 8. The molecule has 162 valence electrons. The van der Waals surface area contributed by atoms with E-state index in [0.717, 1.165) is 17.0 Å². The van der Waals surface area contributed by atoms with Crippen LogP contribution in [0.4, 0.5) is 5.69 Å². The van der Waals surface area contributed by atoms with Gasteiger partial charge in [-0.3, -0.25) is 4.79 Å². The molecule has 3 aromatic rings. The lowest BCUT2D eigenvalue weighted by molar-refractivity contribution is -0.113. The Morgan fingerprint density at radius 2 is 1.90 bits per heavy atom. The lowest BCUT2D eigenvalue weighted by Crippen LogP contribution is -2.16. The van der Waals surface area contributed by atoms with Crippen molar-refractivity contribution in [2.45, 2.75) is 45.5 Å². The summed E-state index contributed by atoms with van der Waals surface area (Å²) >= 11 is 1.32. The molecule has 0 spiro atoms. The van der Waals surface area contributed by atoms with Crippen LogP contribution in [-0.2, 0) is 16.1 Å². The summed E-state index contributed by atoms with van der Waals surface area (Å²) < 4.78 is 7.19. The first-order valence-electron chi connectivity index (χ1n) is 10.1. The van der Waals surface area contributed by atoms with Gasteiger partial charge in [0.2, 0.25) is 5.91 Å². The molecular weight excluding hydrogens is 412 g/mol. The minimum absolute atomic E-state index is 0.173. The summed E-state index contributed by atoms with van der Waals surface area (Å²) in [6.45, 7) is 8.34. The molecule has 0 radical (unpaired) electrons. The number of nitrogens with one attached hydrogen (secondary N) is 1. The summed E-state index contributed by atoms with van der Waals surface area (Å²) in [7, 11) is 0. The minimum atomic E-state index is -0.416. The molecule has 1 amide bonds. The number of benzene rings is 2. The molecule has 3 rings (SSSR count). The van der Waals surface area contributed by atoms with E-state index in [1.54, 1.807) is 38.1 Å². The number of carbonyl (C=O) groups is 2. The quantitative estimate of drug-likeness (QED) is 0.410. The maximum absolute atomic E-state index is 12.5. The Hall–Kier alpha value is -3.13. The Bertz CT molecular complexity index is 1080. The van der Waals surface area contributed by atoms with Crippen LogP contribution >= 0.6 is 11.8 Å². The van der Waals surface area contributed by atoms with Gasteiger partial charge in [0.1, 0.15) is 0 Å². The van der Waals surface area contributed by atoms with Gasteiger partial charge in [-0.15, -0.1) is 10.2 Å². The van der Waals surface area contributed by atoms with Crippen LogP contribution < -0.4 is 5.32 Å². The molecule has 0 bridgehead atoms. The fourth-order valence-electron chi connectivity index (χ4n) is 3.01. The molecule has 31 heavy (non-hydrogen) atoms. The molecule has 1 N–H and O–H groups in total. The Morgan fingerprint density at radius 1 is 1.13 bits per heavy atom. The van der Waals surface area contributed by atoms with E-state index in [0.29, 0.717) is 23.0 Å². The van der Waals surface area contributed by atoms with Crippen molar-refractivity contribution in [2.75, 3.05) is 11.1 Å². The van der Waals surface area contributed by atoms with Crippen LogP contribution in [-0.4, -0.2) is 38.5 Å². The van der Waals surface area contributed by atoms with Gasteiger partial charge in [0.05, 0.1) is 17.4 Å². The number of amides is 1. The van der Waals surface area contributed by atoms with E-state index in [9.17, 15) is 9.59 Å². The first kappa shape index (κ1) is 22.6. The first-order valence-corrected chi connectivity index (χ1v) is 11.1. The van der Waals surface area contributed by atoms with Gasteiger partial charge in [-0.05, 0) is 52.0 Å². The highest BCUT2D eigenvalue weighted by Crippen LogP contribution is 2.25. The number of esters is 1. The molecule has 2 aromatic carbocycles. The fourth-order valence-corrected chi connectivity index (χ4v) is 3.81. The monoisotopic (exact) mass is 438 g/mol. The van der Waals surface area contributed by atoms with Crippen LogP contribution in [0.15, 0.2) is 53.7 Å². The first-order chi connectivity index (χ1) is 14.9. The van der Waals surface area contributed by atoms with Crippen molar-refractivity contribution in [3.63, 3.8) is 0 Å². The lowest BCUT2D eigenvalue weighted by atomic mass is 10.1. The SMILES string of the molecule is CCn1c(SCC(=O)Nc2cccc(C(=O)OC(C)C)c2)nnc1-c1cccc(C)c1. The molecule has 7 nitrogen and oxygen atoms in total. The highest BCUT2D eigenvalue weighted by atomic mass is 32.2. The van der Waals surface area contributed by atoms with Crippen LogP contribution in [0.5, 0.6) is 0 Å². The zero-order valence-electron chi connectivity index (χ0n) is 18.1. The van der Waals surface area contributed by atoms with Crippen LogP contribution in [0.25, 0.3) is 11.4 Å². The van der Waals surface area contributed by atoms with Gasteiger partial charge in [0.25, 0.3) is 0 Å². The summed E-state index contributed by atoms with van der Waals surface area (Å²) in [6, 6.07) is 14.8. The van der Waals surface area contributed by atoms with E-state index in [1.807, 2.05) is 36.6 Å². The summed E-state index contributed by atoms with van der Waals surface area (Å²) in [6.07, 6.45) is -0.206. The molecule has 8 heteroatoms. The van der Waals surface area contributed by atoms with Crippen LogP contribution in [0.2, 0.25) is 0 Å². The normalized spacial score (nSPS) is 10.9. The van der Waals surface area contributed by atoms with E-state index in [1.165, 1.54) is 11.8 Å². The summed E-state index contributed by atoms with van der Waals surface area (Å²) in [5.74, 6) is 0.347. The molecule has 0 aliphatic rings. The highest BCUT2D eigenvalue weighted by Gasteiger charge is 2.15. The second kappa shape index (κ2) is 10.3. The number of hydrogen-bond donors (Lipinski definition) is 1. The van der Waals surface area contributed by atoms with Crippen LogP contribution in [0, 0.1) is 6.92 Å². The Kier molecular flexibility index (Phi) is 7.46. The number of aromatic nitrogens is 3. The lowest BCUT2D eigenvalue weighted by Gasteiger charge is -2.10. The summed E-state index contributed by atoms with van der Waals surface area (Å²) in [4.78, 5) is 24.5. The van der Waals surface area contributed by atoms with E-state index in [-0.39, 0.29) is 17.8 Å². The van der Waals surface area contributed by atoms with Crippen molar-refractivity contribution in [3.8, 4) is 11.4 Å². The smallest absolute Gasteiger partial charge is 0.338 e. The molecule has 1 heterocycles. The third-order valence-electron chi connectivity index (χ3n) is 4.37. The van der Waals surface area contributed by atoms with E-state index >= 15 is 0 Å². The van der Waals surface area contributed by atoms with Crippen molar-refractivity contribution in [1.29, 1.82) is 0 Å². The standard InChI is InChI=1S/C23H26N4O3S/c1-5-27-21(17-9-6-8-16(4)12-17)25-26-23(27)31-14-20(28)24-19-11-7-10-18(13-19)22(29)30-15(2)3/h6-13,15H,5,14H2,1-4H3,(H,24,28). The zero-order chi connectivity index (χ0) is 22.4. The predicted molar refractivity (Wildman–Crippen MR) is 122 cm³/mol. The third kappa shape index (κ3) is 5.95. The zero-order valence-corrected chi connectivity index (χ0v) is 18.9. The van der Waals surface area contributed by atoms with Crippen LogP contribution in [0.1, 0.15) is 36.7 Å². The number of nitrogens with zero attached hydrogens (tertiary/aromatic N) is 3. The molecular formula is C23H26N4O3S. The molecule has 0 atom stereocenters. The summed E-state index contributed by atoms with van der Waals surface area (Å²) in [5.41, 5.74) is 3.08. The molecule has 0 unspecified atom stereocenters. The molecule has 0 fully saturated rings. The largest absolute Gasteiger partial charge is 0.459 e. The fraction of sp³-hybridized carbons (Fsp3) is 0.304. The summed E-state index contributed by atoms with van der Waals surface area (Å²) in [5, 5.41) is 12.1. The van der Waals surface area contributed by atoms with Crippen molar-refractivity contribution >= 4 is 29.3 Å². The van der Waals surface area contributed by atoms with Gasteiger partial charge in [-0.1, -0.05) is 41.6 Å². The van der Waals surface area contributed by atoms with Gasteiger partial charge in [0.15, 0.2) is 11.0 Å². The van der Waals surface area contributed by atoms with E-state index in [2.05, 4.69) is 21.6 Å². The average molecular weight is 439 g/mol. The molecule has 0 saturated heterocycles. The topological polar surface area (TPSA) is 86.1 Å². The molecule has 1 aromatic heterocycles. The Morgan fingerprint density at radius 3 is 2.61 bits per heavy atom. The van der Waals surface area contributed by atoms with Gasteiger partial charge in [0, 0.05) is 17.8 Å². The van der Waals surface area contributed by atoms with Gasteiger partial charge in [-0.2, -0.15) is 0 Å². The van der Waals surface area contributed by atoms with Crippen LogP contribution in [0.3, 0.4) is 0 Å². The van der Waals surface area contributed by atoms with E-state index < -0.39 is 5.97 Å². The average Bonchev–Trinajstić information content (AvgIpc) is 3.15. The van der Waals surface area contributed by atoms with Crippen molar-refractivity contribution in [2.24, 2.45) is 0 Å². The van der Waals surface area contributed by atoms with E-state index in [4.69, 9.17) is 4.74 Å². The van der Waals surface area contributed by atoms with Crippen molar-refractivity contribution in [3.05, 3.63) is 59.7 Å². The number of thioether (sulfide) groups is 1. The van der Waals surface area contributed by atoms with Crippen molar-refractivity contribution < 1.29 is 14.3 Å². The minimum Gasteiger partial charge on any atom is -0.459 e. The van der Waals surface area contributed by atoms with Crippen molar-refractivity contribution in [1.82, 2.24) is 14.8 Å². The maximum Gasteiger partial charge on any atom is 0.338 e. The second-order valence-corrected chi connectivity index (χ2v) is 8.23. The van der Waals surface area contributed by atoms with Gasteiger partial charge >= 0.3 is 5.97 Å². The Balaban J connectivity index is 1.65. The van der Waals surface area contributed by atoms with Gasteiger partial charge < -0.3 is 14.6 Å². The number of aryl methyl sites for hydroxylation is 1. The number of hydrogen-bond acceptors (Lipinski definition) is 6. The number of carbonyl (C=O) groups excluding carboxylic acids is 2. The second-order valence-electron chi connectivity index (χ2n) is 7.29. The van der Waals surface area contributed by atoms with Gasteiger partial charge in [-0.25, -0.2) is 4.79 Å². The Labute approximate surface area is 186 Å². The maximum atomic E-state index is 12.5. The molecule has 0 aliphatic carbocycles. The molecule has 0 saturated carbocycles. The number of anilines is 1. The third-order valence-corrected chi connectivity index (χ3v) is 5.33. The number of ether oxygens (including phenoxy) is 1. The highest BCUT2D eigenvalue weighted by molar-refractivity contribution is 7.99.